The summed E-state index contributed by atoms with van der Waals surface area (Å²) in [6.07, 6.45) is 3.90. The molecule has 0 unspecified atom stereocenters. The lowest BCUT2D eigenvalue weighted by atomic mass is 10.0. The minimum absolute atomic E-state index is 0.0548. The molecule has 1 amide bonds. The molecule has 7 nitrogen and oxygen atoms in total. The van der Waals surface area contributed by atoms with Gasteiger partial charge in [-0.05, 0) is 45.6 Å². The van der Waals surface area contributed by atoms with Gasteiger partial charge in [-0.25, -0.2) is 0 Å². The molecule has 1 fully saturated rings. The van der Waals surface area contributed by atoms with E-state index in [9.17, 15) is 4.79 Å². The molecule has 0 N–H and O–H groups in total. The zero-order chi connectivity index (χ0) is 18.0. The van der Waals surface area contributed by atoms with Crippen molar-refractivity contribution in [2.45, 2.75) is 71.9 Å². The number of hydrogen-bond donors (Lipinski definition) is 0. The lowest BCUT2D eigenvalue weighted by Crippen LogP contribution is -2.40. The molecule has 0 saturated carbocycles. The number of carbonyl (C=O) groups excluding carboxylic acids is 1. The Morgan fingerprint density at radius 1 is 1.40 bits per heavy atom. The first kappa shape index (κ1) is 17.6. The summed E-state index contributed by atoms with van der Waals surface area (Å²) >= 11 is 0. The van der Waals surface area contributed by atoms with Gasteiger partial charge in [0.05, 0.1) is 5.69 Å². The number of likely N-dealkylation sites (tertiary alicyclic amines) is 1. The molecule has 3 rings (SSSR count). The maximum Gasteiger partial charge on any atom is 0.249 e. The third-order valence-electron chi connectivity index (χ3n) is 5.01. The van der Waals surface area contributed by atoms with Crippen LogP contribution < -0.4 is 0 Å². The Hall–Kier alpha value is -2.18. The summed E-state index contributed by atoms with van der Waals surface area (Å²) in [4.78, 5) is 19.3. The Kier molecular flexibility index (Phi) is 5.20. The maximum atomic E-state index is 12.9. The molecule has 3 heterocycles. The van der Waals surface area contributed by atoms with Crippen molar-refractivity contribution in [2.75, 3.05) is 6.54 Å². The number of hydrogen-bond acceptors (Lipinski definition) is 5. The fourth-order valence-electron chi connectivity index (χ4n) is 3.31. The minimum atomic E-state index is -0.122. The molecule has 0 bridgehead atoms. The predicted octanol–water partition coefficient (Wildman–Crippen LogP) is 3.15. The van der Waals surface area contributed by atoms with Crippen LogP contribution in [0.3, 0.4) is 0 Å². The van der Waals surface area contributed by atoms with Crippen LogP contribution in [0.15, 0.2) is 10.6 Å². The molecule has 0 radical (unpaired) electrons. The number of nitrogens with zero attached hydrogens (tertiary/aromatic N) is 5. The monoisotopic (exact) mass is 345 g/mol. The molecule has 2 aromatic rings. The number of piperidine rings is 1. The fraction of sp³-hybridized carbons (Fsp3) is 0.667. The summed E-state index contributed by atoms with van der Waals surface area (Å²) < 4.78 is 7.27. The topological polar surface area (TPSA) is 77.0 Å². The van der Waals surface area contributed by atoms with Gasteiger partial charge in [0.25, 0.3) is 0 Å². The number of amides is 1. The van der Waals surface area contributed by atoms with Gasteiger partial charge in [-0.3, -0.25) is 9.48 Å². The Labute approximate surface area is 148 Å². The van der Waals surface area contributed by atoms with Crippen LogP contribution in [0.4, 0.5) is 0 Å². The molecule has 1 saturated heterocycles. The van der Waals surface area contributed by atoms with Crippen LogP contribution >= 0.6 is 0 Å². The molecule has 2 atom stereocenters. The average molecular weight is 345 g/mol. The highest BCUT2D eigenvalue weighted by Crippen LogP contribution is 2.31. The molecule has 0 aromatic carbocycles. The quantitative estimate of drug-likeness (QED) is 0.832. The van der Waals surface area contributed by atoms with Crippen LogP contribution in [0.5, 0.6) is 0 Å². The van der Waals surface area contributed by atoms with E-state index < -0.39 is 0 Å². The van der Waals surface area contributed by atoms with E-state index in [1.165, 1.54) is 0 Å². The molecule has 2 aromatic heterocycles. The van der Waals surface area contributed by atoms with Gasteiger partial charge >= 0.3 is 0 Å². The van der Waals surface area contributed by atoms with Gasteiger partial charge in [0, 0.05) is 18.2 Å². The number of carbonyl (C=O) groups is 1. The van der Waals surface area contributed by atoms with E-state index in [2.05, 4.69) is 29.1 Å². The van der Waals surface area contributed by atoms with E-state index in [1.54, 1.807) is 4.68 Å². The maximum absolute atomic E-state index is 12.9. The Morgan fingerprint density at radius 2 is 2.20 bits per heavy atom. The third kappa shape index (κ3) is 3.75. The van der Waals surface area contributed by atoms with Crippen LogP contribution in [-0.4, -0.2) is 37.3 Å². The molecule has 136 valence electrons. The van der Waals surface area contributed by atoms with Crippen LogP contribution in [0.25, 0.3) is 0 Å². The molecule has 1 aliphatic rings. The van der Waals surface area contributed by atoms with Crippen molar-refractivity contribution in [1.82, 2.24) is 24.8 Å². The molecule has 0 aliphatic carbocycles. The Morgan fingerprint density at radius 3 is 2.88 bits per heavy atom. The Bertz CT molecular complexity index is 736. The Balaban J connectivity index is 1.77. The normalized spacial score (nSPS) is 19.2. The average Bonchev–Trinajstić information content (AvgIpc) is 3.21. The summed E-state index contributed by atoms with van der Waals surface area (Å²) in [6, 6.07) is 1.86. The standard InChI is InChI=1S/C18H27N5O2/c1-5-12(2)17-19-18(25-21-17)15-8-6-7-9-22(15)16(24)11-23-14(4)10-13(3)20-23/h10,12,15H,5-9,11H2,1-4H3/t12-,15-/m0/s1. The molecule has 25 heavy (non-hydrogen) atoms. The van der Waals surface area contributed by atoms with Crippen LogP contribution in [0.2, 0.25) is 0 Å². The van der Waals surface area contributed by atoms with E-state index in [1.807, 2.05) is 24.8 Å². The second kappa shape index (κ2) is 7.37. The predicted molar refractivity (Wildman–Crippen MR) is 93.0 cm³/mol. The second-order valence-corrected chi connectivity index (χ2v) is 6.98. The van der Waals surface area contributed by atoms with Gasteiger partial charge in [-0.1, -0.05) is 19.0 Å². The smallest absolute Gasteiger partial charge is 0.249 e. The van der Waals surface area contributed by atoms with Crippen LogP contribution in [-0.2, 0) is 11.3 Å². The van der Waals surface area contributed by atoms with E-state index in [4.69, 9.17) is 4.52 Å². The zero-order valence-corrected chi connectivity index (χ0v) is 15.5. The van der Waals surface area contributed by atoms with Crippen molar-refractivity contribution in [1.29, 1.82) is 0 Å². The second-order valence-electron chi connectivity index (χ2n) is 6.98. The van der Waals surface area contributed by atoms with Crippen molar-refractivity contribution in [3.05, 3.63) is 29.2 Å². The molecule has 0 spiro atoms. The molecule has 1 aliphatic heterocycles. The van der Waals surface area contributed by atoms with Crippen molar-refractivity contribution >= 4 is 5.91 Å². The summed E-state index contributed by atoms with van der Waals surface area (Å²) in [5.74, 6) is 1.62. The third-order valence-corrected chi connectivity index (χ3v) is 5.01. The van der Waals surface area contributed by atoms with Gasteiger partial charge in [-0.2, -0.15) is 10.1 Å². The van der Waals surface area contributed by atoms with Gasteiger partial charge in [0.15, 0.2) is 5.82 Å². The molecular weight excluding hydrogens is 318 g/mol. The van der Waals surface area contributed by atoms with Crippen molar-refractivity contribution < 1.29 is 9.32 Å². The summed E-state index contributed by atoms with van der Waals surface area (Å²) in [5, 5.41) is 8.51. The molecular formula is C18H27N5O2. The number of aryl methyl sites for hydroxylation is 2. The van der Waals surface area contributed by atoms with E-state index in [0.29, 0.717) is 5.89 Å². The number of aromatic nitrogens is 4. The van der Waals surface area contributed by atoms with Crippen molar-refractivity contribution in [2.24, 2.45) is 0 Å². The lowest BCUT2D eigenvalue weighted by Gasteiger charge is -2.33. The van der Waals surface area contributed by atoms with E-state index >= 15 is 0 Å². The zero-order valence-electron chi connectivity index (χ0n) is 15.5. The summed E-state index contributed by atoms with van der Waals surface area (Å²) in [6.45, 7) is 9.07. The minimum Gasteiger partial charge on any atom is -0.337 e. The summed E-state index contributed by atoms with van der Waals surface area (Å²) in [7, 11) is 0. The highest BCUT2D eigenvalue weighted by atomic mass is 16.5. The largest absolute Gasteiger partial charge is 0.337 e. The first-order valence-electron chi connectivity index (χ1n) is 9.13. The van der Waals surface area contributed by atoms with Crippen LogP contribution in [0, 0.1) is 13.8 Å². The van der Waals surface area contributed by atoms with E-state index in [-0.39, 0.29) is 24.4 Å². The molecule has 7 heteroatoms. The van der Waals surface area contributed by atoms with Gasteiger partial charge in [-0.15, -0.1) is 0 Å². The lowest BCUT2D eigenvalue weighted by molar-refractivity contribution is -0.136. The van der Waals surface area contributed by atoms with Crippen LogP contribution in [0.1, 0.15) is 74.6 Å². The van der Waals surface area contributed by atoms with Gasteiger partial charge in [0.2, 0.25) is 11.8 Å². The first-order chi connectivity index (χ1) is 12.0. The van der Waals surface area contributed by atoms with Gasteiger partial charge < -0.3 is 9.42 Å². The van der Waals surface area contributed by atoms with Crippen molar-refractivity contribution in [3.63, 3.8) is 0 Å². The first-order valence-corrected chi connectivity index (χ1v) is 9.13. The van der Waals surface area contributed by atoms with E-state index in [0.717, 1.165) is 49.4 Å². The van der Waals surface area contributed by atoms with Gasteiger partial charge in [0.1, 0.15) is 12.6 Å². The highest BCUT2D eigenvalue weighted by molar-refractivity contribution is 5.76. The number of rotatable bonds is 5. The SMILES string of the molecule is CC[C@H](C)c1noc([C@@H]2CCCCN2C(=O)Cn2nc(C)cc2C)n1. The fourth-order valence-corrected chi connectivity index (χ4v) is 3.31. The summed E-state index contributed by atoms with van der Waals surface area (Å²) in [5.41, 5.74) is 1.92. The van der Waals surface area contributed by atoms with Crippen molar-refractivity contribution in [3.8, 4) is 0 Å². The highest BCUT2D eigenvalue weighted by Gasteiger charge is 2.32.